The summed E-state index contributed by atoms with van der Waals surface area (Å²) in [5.41, 5.74) is 3.51. The molecule has 0 spiro atoms. The Morgan fingerprint density at radius 3 is 2.40 bits per heavy atom. The maximum absolute atomic E-state index is 12.3. The van der Waals surface area contributed by atoms with Gasteiger partial charge in [-0.25, -0.2) is 14.5 Å². The third kappa shape index (κ3) is 2.91. The van der Waals surface area contributed by atoms with Crippen molar-refractivity contribution in [2.24, 2.45) is 0 Å². The average molecular weight is 339 g/mol. The third-order valence-electron chi connectivity index (χ3n) is 4.43. The van der Waals surface area contributed by atoms with Gasteiger partial charge in [-0.05, 0) is 54.7 Å². The Balaban J connectivity index is 2.25. The lowest BCUT2D eigenvalue weighted by atomic mass is 9.98. The molecule has 0 amide bonds. The molecule has 6 nitrogen and oxygen atoms in total. The molecule has 3 rings (SSSR count). The van der Waals surface area contributed by atoms with Crippen molar-refractivity contribution in [3.05, 3.63) is 57.5 Å². The number of aryl methyl sites for hydroxylation is 2. The second-order valence-electron chi connectivity index (χ2n) is 6.54. The van der Waals surface area contributed by atoms with E-state index in [-0.39, 0.29) is 17.4 Å². The summed E-state index contributed by atoms with van der Waals surface area (Å²) in [5, 5.41) is 26.9. The number of nitrogens with one attached hydrogen (secondary N) is 1. The Kier molecular flexibility index (Phi) is 4.12. The first kappa shape index (κ1) is 16.8. The van der Waals surface area contributed by atoms with Gasteiger partial charge in [0.2, 0.25) is 0 Å². The zero-order valence-electron chi connectivity index (χ0n) is 14.7. The van der Waals surface area contributed by atoms with Crippen LogP contribution < -0.4 is 5.69 Å². The highest BCUT2D eigenvalue weighted by Gasteiger charge is 2.19. The average Bonchev–Trinajstić information content (AvgIpc) is 2.91. The van der Waals surface area contributed by atoms with Crippen molar-refractivity contribution >= 4 is 0 Å². The minimum absolute atomic E-state index is 0.0202. The highest BCUT2D eigenvalue weighted by Crippen LogP contribution is 2.37. The molecular formula is C19H21N3O3. The minimum Gasteiger partial charge on any atom is -0.508 e. The van der Waals surface area contributed by atoms with Crippen LogP contribution >= 0.6 is 0 Å². The summed E-state index contributed by atoms with van der Waals surface area (Å²) in [6, 6.07) is 8.63. The summed E-state index contributed by atoms with van der Waals surface area (Å²) >= 11 is 0. The number of aromatic nitrogens is 3. The molecule has 0 aliphatic rings. The third-order valence-corrected chi connectivity index (χ3v) is 4.43. The Labute approximate surface area is 145 Å². The molecule has 0 unspecified atom stereocenters. The standard InChI is InChI=1S/C19H21N3O3/c1-10(2)14-8-15(17(24)9-16(14)23)18-20-21-19(25)22(18)13-6-5-11(3)12(4)7-13/h5-10,23-24H,1-4H3,(H,21,25). The molecule has 0 atom stereocenters. The molecule has 0 saturated heterocycles. The number of benzene rings is 2. The fraction of sp³-hybridized carbons (Fsp3) is 0.263. The number of hydrogen-bond donors (Lipinski definition) is 3. The number of phenolic OH excluding ortho intramolecular Hbond substituents is 2. The van der Waals surface area contributed by atoms with Crippen LogP contribution in [0.1, 0.15) is 36.5 Å². The van der Waals surface area contributed by atoms with Crippen LogP contribution in [-0.2, 0) is 0 Å². The van der Waals surface area contributed by atoms with Crippen molar-refractivity contribution in [1.82, 2.24) is 14.8 Å². The van der Waals surface area contributed by atoms with Crippen LogP contribution in [0, 0.1) is 13.8 Å². The Bertz CT molecular complexity index is 1000. The van der Waals surface area contributed by atoms with Crippen LogP contribution in [0.25, 0.3) is 17.1 Å². The summed E-state index contributed by atoms with van der Waals surface area (Å²) in [6.07, 6.45) is 0. The van der Waals surface area contributed by atoms with E-state index in [1.807, 2.05) is 45.9 Å². The predicted octanol–water partition coefficient (Wildman–Crippen LogP) is 3.38. The first-order valence-electron chi connectivity index (χ1n) is 8.11. The van der Waals surface area contributed by atoms with Gasteiger partial charge in [0.15, 0.2) is 5.82 Å². The number of H-pyrrole nitrogens is 1. The van der Waals surface area contributed by atoms with Gasteiger partial charge in [0.05, 0.1) is 11.3 Å². The molecule has 0 saturated carbocycles. The van der Waals surface area contributed by atoms with Gasteiger partial charge >= 0.3 is 5.69 Å². The van der Waals surface area contributed by atoms with E-state index in [0.29, 0.717) is 22.6 Å². The van der Waals surface area contributed by atoms with Crippen molar-refractivity contribution < 1.29 is 10.2 Å². The van der Waals surface area contributed by atoms with E-state index < -0.39 is 5.69 Å². The Morgan fingerprint density at radius 1 is 1.04 bits per heavy atom. The fourth-order valence-electron chi connectivity index (χ4n) is 2.82. The van der Waals surface area contributed by atoms with Crippen molar-refractivity contribution in [2.75, 3.05) is 0 Å². The number of rotatable bonds is 3. The number of hydrogen-bond acceptors (Lipinski definition) is 4. The summed E-state index contributed by atoms with van der Waals surface area (Å²) in [6.45, 7) is 7.85. The molecule has 1 heterocycles. The molecule has 3 aromatic rings. The summed E-state index contributed by atoms with van der Waals surface area (Å²) in [5.74, 6) is 0.241. The molecule has 0 radical (unpaired) electrons. The van der Waals surface area contributed by atoms with Gasteiger partial charge in [-0.15, -0.1) is 0 Å². The van der Waals surface area contributed by atoms with E-state index in [0.717, 1.165) is 11.1 Å². The van der Waals surface area contributed by atoms with Crippen LogP contribution in [0.4, 0.5) is 0 Å². The van der Waals surface area contributed by atoms with Crippen LogP contribution in [0.15, 0.2) is 35.1 Å². The second-order valence-corrected chi connectivity index (χ2v) is 6.54. The van der Waals surface area contributed by atoms with E-state index in [1.54, 1.807) is 6.07 Å². The lowest BCUT2D eigenvalue weighted by molar-refractivity contribution is 0.444. The van der Waals surface area contributed by atoms with Crippen LogP contribution in [-0.4, -0.2) is 25.0 Å². The summed E-state index contributed by atoms with van der Waals surface area (Å²) in [4.78, 5) is 12.3. The monoisotopic (exact) mass is 339 g/mol. The highest BCUT2D eigenvalue weighted by atomic mass is 16.3. The van der Waals surface area contributed by atoms with Crippen LogP contribution in [0.3, 0.4) is 0 Å². The van der Waals surface area contributed by atoms with Gasteiger partial charge in [0.25, 0.3) is 0 Å². The normalized spacial score (nSPS) is 11.2. The van der Waals surface area contributed by atoms with Gasteiger partial charge in [0.1, 0.15) is 11.5 Å². The maximum atomic E-state index is 12.3. The van der Waals surface area contributed by atoms with Crippen molar-refractivity contribution in [3.8, 4) is 28.6 Å². The Morgan fingerprint density at radius 2 is 1.76 bits per heavy atom. The van der Waals surface area contributed by atoms with Crippen LogP contribution in [0.2, 0.25) is 0 Å². The molecule has 0 fully saturated rings. The van der Waals surface area contributed by atoms with Crippen molar-refractivity contribution in [3.63, 3.8) is 0 Å². The van der Waals surface area contributed by atoms with E-state index >= 15 is 0 Å². The van der Waals surface area contributed by atoms with Crippen molar-refractivity contribution in [1.29, 1.82) is 0 Å². The summed E-state index contributed by atoms with van der Waals surface area (Å²) < 4.78 is 1.42. The molecule has 0 aliphatic heterocycles. The molecule has 0 bridgehead atoms. The number of aromatic hydroxyl groups is 2. The highest BCUT2D eigenvalue weighted by molar-refractivity contribution is 5.69. The first-order valence-corrected chi connectivity index (χ1v) is 8.11. The molecule has 130 valence electrons. The molecule has 2 aromatic carbocycles. The van der Waals surface area contributed by atoms with E-state index in [4.69, 9.17) is 0 Å². The van der Waals surface area contributed by atoms with E-state index in [9.17, 15) is 15.0 Å². The Hall–Kier alpha value is -3.02. The van der Waals surface area contributed by atoms with Gasteiger partial charge in [-0.3, -0.25) is 0 Å². The quantitative estimate of drug-likeness (QED) is 0.682. The zero-order valence-corrected chi connectivity index (χ0v) is 14.7. The van der Waals surface area contributed by atoms with Gasteiger partial charge < -0.3 is 10.2 Å². The van der Waals surface area contributed by atoms with Crippen molar-refractivity contribution in [2.45, 2.75) is 33.6 Å². The maximum Gasteiger partial charge on any atom is 0.348 e. The van der Waals surface area contributed by atoms with Gasteiger partial charge in [0, 0.05) is 6.07 Å². The molecule has 0 aliphatic carbocycles. The number of aromatic amines is 1. The zero-order chi connectivity index (χ0) is 18.3. The lowest BCUT2D eigenvalue weighted by Gasteiger charge is -2.13. The smallest absolute Gasteiger partial charge is 0.348 e. The number of nitrogens with zero attached hydrogens (tertiary/aromatic N) is 2. The first-order chi connectivity index (χ1) is 11.8. The molecule has 6 heteroatoms. The fourth-order valence-corrected chi connectivity index (χ4v) is 2.82. The van der Waals surface area contributed by atoms with E-state index in [2.05, 4.69) is 10.2 Å². The second kappa shape index (κ2) is 6.12. The molecule has 25 heavy (non-hydrogen) atoms. The molecule has 1 aromatic heterocycles. The topological polar surface area (TPSA) is 91.1 Å². The van der Waals surface area contributed by atoms with Gasteiger partial charge in [-0.2, -0.15) is 5.10 Å². The van der Waals surface area contributed by atoms with E-state index in [1.165, 1.54) is 10.6 Å². The lowest BCUT2D eigenvalue weighted by Crippen LogP contribution is -2.16. The SMILES string of the molecule is Cc1ccc(-n2c(-c3cc(C(C)C)c(O)cc3O)n[nH]c2=O)cc1C. The van der Waals surface area contributed by atoms with Crippen LogP contribution in [0.5, 0.6) is 11.5 Å². The summed E-state index contributed by atoms with van der Waals surface area (Å²) in [7, 11) is 0. The van der Waals surface area contributed by atoms with Gasteiger partial charge in [-0.1, -0.05) is 19.9 Å². The largest absolute Gasteiger partial charge is 0.508 e. The minimum atomic E-state index is -0.392. The number of phenols is 2. The predicted molar refractivity (Wildman–Crippen MR) is 96.5 cm³/mol. The molecule has 3 N–H and O–H groups in total. The molecular weight excluding hydrogens is 318 g/mol.